The van der Waals surface area contributed by atoms with E-state index >= 15 is 0 Å². The summed E-state index contributed by atoms with van der Waals surface area (Å²) < 4.78 is 7.79. The Bertz CT molecular complexity index is 394. The number of aromatic nitrogens is 2. The molecule has 0 spiro atoms. The number of nitrogens with zero attached hydrogens (tertiary/aromatic N) is 2. The summed E-state index contributed by atoms with van der Waals surface area (Å²) in [6.07, 6.45) is 8.41. The normalized spacial score (nSPS) is 24.8. The fourth-order valence-corrected chi connectivity index (χ4v) is 2.75. The van der Waals surface area contributed by atoms with Crippen molar-refractivity contribution in [1.29, 1.82) is 0 Å². The summed E-state index contributed by atoms with van der Waals surface area (Å²) in [7, 11) is 1.97. The van der Waals surface area contributed by atoms with Gasteiger partial charge in [0.1, 0.15) is 5.82 Å². The summed E-state index contributed by atoms with van der Waals surface area (Å²) in [5, 5.41) is 13.1. The molecule has 1 aromatic heterocycles. The molecule has 2 N–H and O–H groups in total. The Labute approximate surface area is 121 Å². The molecule has 5 nitrogen and oxygen atoms in total. The van der Waals surface area contributed by atoms with Gasteiger partial charge >= 0.3 is 0 Å². The van der Waals surface area contributed by atoms with Crippen molar-refractivity contribution in [1.82, 2.24) is 14.9 Å². The molecule has 0 aromatic carbocycles. The van der Waals surface area contributed by atoms with Crippen molar-refractivity contribution in [2.45, 2.75) is 51.4 Å². The number of hydrogen-bond acceptors (Lipinski definition) is 4. The number of nitrogens with one attached hydrogen (secondary N) is 1. The summed E-state index contributed by atoms with van der Waals surface area (Å²) in [6, 6.07) is 0. The maximum absolute atomic E-state index is 9.93. The molecule has 5 heteroatoms. The van der Waals surface area contributed by atoms with Crippen LogP contribution in [0.15, 0.2) is 12.4 Å². The smallest absolute Gasteiger partial charge is 0.122 e. The first-order chi connectivity index (χ1) is 9.65. The van der Waals surface area contributed by atoms with Gasteiger partial charge in [-0.05, 0) is 18.8 Å². The molecule has 0 bridgehead atoms. The minimum absolute atomic E-state index is 0.336. The Kier molecular flexibility index (Phi) is 6.01. The van der Waals surface area contributed by atoms with E-state index in [4.69, 9.17) is 4.74 Å². The average molecular weight is 281 g/mol. The van der Waals surface area contributed by atoms with E-state index in [9.17, 15) is 5.11 Å². The zero-order valence-electron chi connectivity index (χ0n) is 12.6. The van der Waals surface area contributed by atoms with Crippen molar-refractivity contribution >= 4 is 0 Å². The van der Waals surface area contributed by atoms with Gasteiger partial charge in [0, 0.05) is 26.0 Å². The number of aliphatic hydroxyl groups excluding tert-OH is 1. The van der Waals surface area contributed by atoms with E-state index in [1.54, 1.807) is 6.20 Å². The summed E-state index contributed by atoms with van der Waals surface area (Å²) >= 11 is 0. The highest BCUT2D eigenvalue weighted by atomic mass is 16.5. The monoisotopic (exact) mass is 281 g/mol. The van der Waals surface area contributed by atoms with Crippen LogP contribution in [-0.2, 0) is 18.3 Å². The second kappa shape index (κ2) is 7.76. The predicted octanol–water partition coefficient (Wildman–Crippen LogP) is 1.47. The zero-order chi connectivity index (χ0) is 14.4. The Balaban J connectivity index is 1.58. The number of rotatable bonds is 7. The second-order valence-corrected chi connectivity index (χ2v) is 5.97. The molecule has 0 saturated heterocycles. The topological polar surface area (TPSA) is 59.3 Å². The highest BCUT2D eigenvalue weighted by Crippen LogP contribution is 2.25. The number of aliphatic hydroxyl groups is 1. The molecular weight excluding hydrogens is 254 g/mol. The summed E-state index contributed by atoms with van der Waals surface area (Å²) in [4.78, 5) is 4.23. The van der Waals surface area contributed by atoms with Gasteiger partial charge < -0.3 is 19.7 Å². The minimum Gasteiger partial charge on any atom is -0.389 e. The molecule has 1 aliphatic rings. The molecule has 0 radical (unpaired) electrons. The van der Waals surface area contributed by atoms with Crippen LogP contribution in [0.3, 0.4) is 0 Å². The van der Waals surface area contributed by atoms with Gasteiger partial charge in [-0.1, -0.05) is 19.8 Å². The Morgan fingerprint density at radius 3 is 3.10 bits per heavy atom. The van der Waals surface area contributed by atoms with Crippen molar-refractivity contribution in [3.8, 4) is 0 Å². The molecule has 3 atom stereocenters. The number of ether oxygens (including phenoxy) is 1. The highest BCUT2D eigenvalue weighted by Gasteiger charge is 2.20. The number of imidazole rings is 1. The Morgan fingerprint density at radius 2 is 2.40 bits per heavy atom. The summed E-state index contributed by atoms with van der Waals surface area (Å²) in [6.45, 7) is 3.90. The van der Waals surface area contributed by atoms with E-state index in [0.717, 1.165) is 24.6 Å². The molecule has 1 aromatic rings. The van der Waals surface area contributed by atoms with Crippen LogP contribution in [-0.4, -0.2) is 40.0 Å². The molecule has 2 rings (SSSR count). The molecule has 0 amide bonds. The molecule has 1 fully saturated rings. The molecule has 3 unspecified atom stereocenters. The van der Waals surface area contributed by atoms with Gasteiger partial charge in [-0.3, -0.25) is 0 Å². The SMILES string of the molecule is CC1CCCC(OCC(O)CNCc2nccn2C)C1. The van der Waals surface area contributed by atoms with Crippen LogP contribution in [0.4, 0.5) is 0 Å². The summed E-state index contributed by atoms with van der Waals surface area (Å²) in [5.74, 6) is 1.73. The van der Waals surface area contributed by atoms with Crippen LogP contribution in [0, 0.1) is 5.92 Å². The van der Waals surface area contributed by atoms with Gasteiger partial charge in [-0.25, -0.2) is 4.98 Å². The van der Waals surface area contributed by atoms with Crippen molar-refractivity contribution in [3.05, 3.63) is 18.2 Å². The van der Waals surface area contributed by atoms with E-state index in [0.29, 0.717) is 25.8 Å². The van der Waals surface area contributed by atoms with Gasteiger partial charge in [0.2, 0.25) is 0 Å². The van der Waals surface area contributed by atoms with Crippen LogP contribution < -0.4 is 5.32 Å². The zero-order valence-corrected chi connectivity index (χ0v) is 12.6. The quantitative estimate of drug-likeness (QED) is 0.794. The van der Waals surface area contributed by atoms with Crippen LogP contribution in [0.25, 0.3) is 0 Å². The lowest BCUT2D eigenvalue weighted by Crippen LogP contribution is -2.33. The standard InChI is InChI=1S/C15H27N3O2/c1-12-4-3-5-14(8-12)20-11-13(19)9-16-10-15-17-6-7-18(15)2/h6-7,12-14,16,19H,3-5,8-11H2,1-2H3. The first-order valence-electron chi connectivity index (χ1n) is 7.61. The number of hydrogen-bond donors (Lipinski definition) is 2. The molecule has 1 heterocycles. The van der Waals surface area contributed by atoms with Gasteiger partial charge in [0.25, 0.3) is 0 Å². The third-order valence-corrected chi connectivity index (χ3v) is 4.00. The van der Waals surface area contributed by atoms with E-state index in [-0.39, 0.29) is 0 Å². The molecule has 20 heavy (non-hydrogen) atoms. The fourth-order valence-electron chi connectivity index (χ4n) is 2.75. The van der Waals surface area contributed by atoms with E-state index in [2.05, 4.69) is 17.2 Å². The van der Waals surface area contributed by atoms with Crippen molar-refractivity contribution in [2.75, 3.05) is 13.2 Å². The minimum atomic E-state index is -0.451. The first kappa shape index (κ1) is 15.5. The van der Waals surface area contributed by atoms with Crippen molar-refractivity contribution in [2.24, 2.45) is 13.0 Å². The highest BCUT2D eigenvalue weighted by molar-refractivity contribution is 4.90. The van der Waals surface area contributed by atoms with Crippen LogP contribution in [0.1, 0.15) is 38.4 Å². The lowest BCUT2D eigenvalue weighted by atomic mass is 9.89. The Morgan fingerprint density at radius 1 is 1.55 bits per heavy atom. The van der Waals surface area contributed by atoms with E-state index in [1.165, 1.54) is 12.8 Å². The third-order valence-electron chi connectivity index (χ3n) is 4.00. The molecule has 1 saturated carbocycles. The third kappa shape index (κ3) is 4.89. The van der Waals surface area contributed by atoms with Crippen molar-refractivity contribution in [3.63, 3.8) is 0 Å². The predicted molar refractivity (Wildman–Crippen MR) is 78.3 cm³/mol. The van der Waals surface area contributed by atoms with Gasteiger partial charge in [-0.2, -0.15) is 0 Å². The first-order valence-corrected chi connectivity index (χ1v) is 7.61. The van der Waals surface area contributed by atoms with Crippen LogP contribution >= 0.6 is 0 Å². The van der Waals surface area contributed by atoms with Crippen LogP contribution in [0.2, 0.25) is 0 Å². The fraction of sp³-hybridized carbons (Fsp3) is 0.800. The molecule has 114 valence electrons. The average Bonchev–Trinajstić information content (AvgIpc) is 2.82. The van der Waals surface area contributed by atoms with Crippen molar-refractivity contribution < 1.29 is 9.84 Å². The largest absolute Gasteiger partial charge is 0.389 e. The maximum Gasteiger partial charge on any atom is 0.122 e. The molecule has 0 aliphatic heterocycles. The van der Waals surface area contributed by atoms with Crippen LogP contribution in [0.5, 0.6) is 0 Å². The molecular formula is C15H27N3O2. The van der Waals surface area contributed by atoms with Gasteiger partial charge in [-0.15, -0.1) is 0 Å². The number of aryl methyl sites for hydroxylation is 1. The molecule has 1 aliphatic carbocycles. The van der Waals surface area contributed by atoms with Gasteiger partial charge in [0.15, 0.2) is 0 Å². The Hall–Kier alpha value is -0.910. The maximum atomic E-state index is 9.93. The van der Waals surface area contributed by atoms with Gasteiger partial charge in [0.05, 0.1) is 25.4 Å². The van der Waals surface area contributed by atoms with E-state index < -0.39 is 6.10 Å². The summed E-state index contributed by atoms with van der Waals surface area (Å²) in [5.41, 5.74) is 0. The van der Waals surface area contributed by atoms with E-state index in [1.807, 2.05) is 17.8 Å². The lowest BCUT2D eigenvalue weighted by molar-refractivity contribution is -0.0307. The second-order valence-electron chi connectivity index (χ2n) is 5.97. The lowest BCUT2D eigenvalue weighted by Gasteiger charge is -2.27.